The topological polar surface area (TPSA) is 12.0 Å². The van der Waals surface area contributed by atoms with E-state index in [-0.39, 0.29) is 0 Å². The number of nitrogens with one attached hydrogen (secondary N) is 1. The molecule has 1 fully saturated rings. The first-order chi connectivity index (χ1) is 9.15. The van der Waals surface area contributed by atoms with Crippen molar-refractivity contribution < 1.29 is 0 Å². The Morgan fingerprint density at radius 3 is 2.79 bits per heavy atom. The van der Waals surface area contributed by atoms with Crippen LogP contribution in [0, 0.1) is 12.8 Å². The second-order valence-electron chi connectivity index (χ2n) is 6.24. The van der Waals surface area contributed by atoms with Crippen molar-refractivity contribution in [2.75, 3.05) is 6.54 Å². The third-order valence-corrected chi connectivity index (χ3v) is 4.97. The van der Waals surface area contributed by atoms with Crippen LogP contribution in [0.1, 0.15) is 48.6 Å². The van der Waals surface area contributed by atoms with E-state index in [0.717, 1.165) is 24.9 Å². The Labute approximate surface area is 120 Å². The molecule has 1 aliphatic carbocycles. The zero-order valence-corrected chi connectivity index (χ0v) is 12.9. The fraction of sp³-hybridized carbons (Fsp3) is 0.529. The molecule has 102 valence electrons. The van der Waals surface area contributed by atoms with E-state index in [0.29, 0.717) is 0 Å². The molecule has 1 saturated carbocycles. The first-order valence-corrected chi connectivity index (χ1v) is 8.19. The fourth-order valence-corrected chi connectivity index (χ4v) is 3.95. The molecule has 0 atom stereocenters. The third-order valence-electron chi connectivity index (χ3n) is 3.78. The summed E-state index contributed by atoms with van der Waals surface area (Å²) in [6.45, 7) is 8.89. The number of rotatable bonds is 5. The van der Waals surface area contributed by atoms with Crippen molar-refractivity contribution in [1.82, 2.24) is 5.32 Å². The molecule has 0 spiro atoms. The van der Waals surface area contributed by atoms with Crippen LogP contribution in [0.4, 0.5) is 0 Å². The van der Waals surface area contributed by atoms with Crippen LogP contribution >= 0.6 is 11.3 Å². The van der Waals surface area contributed by atoms with Gasteiger partial charge in [-0.15, -0.1) is 11.3 Å². The largest absolute Gasteiger partial charge is 0.312 e. The minimum Gasteiger partial charge on any atom is -0.312 e. The van der Waals surface area contributed by atoms with E-state index in [1.807, 2.05) is 11.3 Å². The van der Waals surface area contributed by atoms with Gasteiger partial charge >= 0.3 is 0 Å². The third kappa shape index (κ3) is 2.85. The lowest BCUT2D eigenvalue weighted by Gasteiger charge is -2.08. The van der Waals surface area contributed by atoms with Gasteiger partial charge in [0.05, 0.1) is 0 Å². The highest BCUT2D eigenvalue weighted by Gasteiger charge is 2.29. The molecular formula is C17H23NS. The van der Waals surface area contributed by atoms with E-state index in [2.05, 4.69) is 44.3 Å². The van der Waals surface area contributed by atoms with Gasteiger partial charge in [0, 0.05) is 16.1 Å². The molecule has 2 heteroatoms. The van der Waals surface area contributed by atoms with Crippen molar-refractivity contribution >= 4 is 21.4 Å². The smallest absolute Gasteiger partial charge is 0.0349 e. The van der Waals surface area contributed by atoms with Crippen LogP contribution in [0.2, 0.25) is 0 Å². The van der Waals surface area contributed by atoms with Gasteiger partial charge in [-0.25, -0.2) is 0 Å². The van der Waals surface area contributed by atoms with Crippen molar-refractivity contribution in [3.05, 3.63) is 34.2 Å². The van der Waals surface area contributed by atoms with Crippen LogP contribution in [0.5, 0.6) is 0 Å². The van der Waals surface area contributed by atoms with Gasteiger partial charge in [0.25, 0.3) is 0 Å². The Kier molecular flexibility index (Phi) is 3.64. The predicted molar refractivity (Wildman–Crippen MR) is 85.1 cm³/mol. The molecule has 3 rings (SSSR count). The van der Waals surface area contributed by atoms with Gasteiger partial charge in [0.1, 0.15) is 0 Å². The molecule has 1 heterocycles. The van der Waals surface area contributed by atoms with Crippen LogP contribution in [-0.4, -0.2) is 6.54 Å². The molecule has 0 radical (unpaired) electrons. The molecule has 1 aromatic carbocycles. The van der Waals surface area contributed by atoms with Crippen LogP contribution < -0.4 is 5.32 Å². The molecule has 0 saturated heterocycles. The van der Waals surface area contributed by atoms with Gasteiger partial charge in [-0.3, -0.25) is 0 Å². The zero-order valence-electron chi connectivity index (χ0n) is 12.1. The fourth-order valence-electron chi connectivity index (χ4n) is 2.71. The van der Waals surface area contributed by atoms with Crippen LogP contribution in [-0.2, 0) is 6.54 Å². The molecule has 1 N–H and O–H groups in total. The van der Waals surface area contributed by atoms with Crippen LogP contribution in [0.25, 0.3) is 10.1 Å². The second-order valence-corrected chi connectivity index (χ2v) is 7.37. The summed E-state index contributed by atoms with van der Waals surface area (Å²) >= 11 is 1.99. The van der Waals surface area contributed by atoms with E-state index < -0.39 is 0 Å². The summed E-state index contributed by atoms with van der Waals surface area (Å²) in [4.78, 5) is 1.57. The van der Waals surface area contributed by atoms with E-state index in [9.17, 15) is 0 Å². The minimum atomic E-state index is 0.723. The summed E-state index contributed by atoms with van der Waals surface area (Å²) in [5.41, 5.74) is 3.04. The molecule has 1 aromatic heterocycles. The lowest BCUT2D eigenvalue weighted by atomic mass is 10.0. The first-order valence-electron chi connectivity index (χ1n) is 7.38. The number of hydrogen-bond acceptors (Lipinski definition) is 2. The summed E-state index contributed by atoms with van der Waals surface area (Å²) in [6, 6.07) is 6.92. The Balaban J connectivity index is 1.91. The standard InChI is InChI=1S/C17H23NS/c1-11(2)9-18-10-16-17(13-5-6-13)14-8-12(3)4-7-15(14)19-16/h4,7-8,11,13,18H,5-6,9-10H2,1-3H3. The van der Waals surface area contributed by atoms with E-state index in [4.69, 9.17) is 0 Å². The normalized spacial score (nSPS) is 15.6. The molecule has 19 heavy (non-hydrogen) atoms. The highest BCUT2D eigenvalue weighted by Crippen LogP contribution is 2.48. The number of thiophene rings is 1. The minimum absolute atomic E-state index is 0.723. The molecule has 0 unspecified atom stereocenters. The monoisotopic (exact) mass is 273 g/mol. The van der Waals surface area contributed by atoms with Crippen molar-refractivity contribution in [3.8, 4) is 0 Å². The highest BCUT2D eigenvalue weighted by molar-refractivity contribution is 7.19. The Hall–Kier alpha value is -0.860. The summed E-state index contributed by atoms with van der Waals surface area (Å²) in [5.74, 6) is 1.56. The Morgan fingerprint density at radius 2 is 2.11 bits per heavy atom. The van der Waals surface area contributed by atoms with Crippen molar-refractivity contribution in [2.45, 2.75) is 46.1 Å². The summed E-state index contributed by atoms with van der Waals surface area (Å²) in [7, 11) is 0. The number of benzene rings is 1. The van der Waals surface area contributed by atoms with Gasteiger partial charge in [-0.2, -0.15) is 0 Å². The SMILES string of the molecule is Cc1ccc2sc(CNCC(C)C)c(C3CC3)c2c1. The summed E-state index contributed by atoms with van der Waals surface area (Å²) in [5, 5.41) is 5.13. The maximum Gasteiger partial charge on any atom is 0.0349 e. The first kappa shape index (κ1) is 13.1. The average Bonchev–Trinajstić information content (AvgIpc) is 3.11. The molecule has 1 nitrogen and oxygen atoms in total. The van der Waals surface area contributed by atoms with Crippen molar-refractivity contribution in [1.29, 1.82) is 0 Å². The van der Waals surface area contributed by atoms with E-state index >= 15 is 0 Å². The summed E-state index contributed by atoms with van der Waals surface area (Å²) < 4.78 is 1.47. The average molecular weight is 273 g/mol. The van der Waals surface area contributed by atoms with Gasteiger partial charge in [-0.1, -0.05) is 31.5 Å². The molecule has 0 aliphatic heterocycles. The summed E-state index contributed by atoms with van der Waals surface area (Å²) in [6.07, 6.45) is 2.77. The van der Waals surface area contributed by atoms with Crippen LogP contribution in [0.3, 0.4) is 0 Å². The Morgan fingerprint density at radius 1 is 1.32 bits per heavy atom. The predicted octanol–water partition coefficient (Wildman–Crippen LogP) is 4.83. The van der Waals surface area contributed by atoms with E-state index in [1.54, 1.807) is 10.4 Å². The second kappa shape index (κ2) is 5.26. The number of aryl methyl sites for hydroxylation is 1. The van der Waals surface area contributed by atoms with Gasteiger partial charge in [-0.05, 0) is 55.2 Å². The van der Waals surface area contributed by atoms with Gasteiger partial charge in [0.15, 0.2) is 0 Å². The van der Waals surface area contributed by atoms with Crippen molar-refractivity contribution in [2.24, 2.45) is 5.92 Å². The Bertz CT molecular complexity index is 578. The number of fused-ring (bicyclic) bond motifs is 1. The molecule has 2 aromatic rings. The van der Waals surface area contributed by atoms with Crippen LogP contribution in [0.15, 0.2) is 18.2 Å². The maximum atomic E-state index is 3.61. The van der Waals surface area contributed by atoms with E-state index in [1.165, 1.54) is 28.5 Å². The van der Waals surface area contributed by atoms with Gasteiger partial charge < -0.3 is 5.32 Å². The number of hydrogen-bond donors (Lipinski definition) is 1. The van der Waals surface area contributed by atoms with Crippen molar-refractivity contribution in [3.63, 3.8) is 0 Å². The molecule has 0 amide bonds. The zero-order chi connectivity index (χ0) is 13.4. The molecular weight excluding hydrogens is 250 g/mol. The van der Waals surface area contributed by atoms with Gasteiger partial charge in [0.2, 0.25) is 0 Å². The maximum absolute atomic E-state index is 3.61. The lowest BCUT2D eigenvalue weighted by molar-refractivity contribution is 0.554. The quantitative estimate of drug-likeness (QED) is 0.822. The lowest BCUT2D eigenvalue weighted by Crippen LogP contribution is -2.18. The highest BCUT2D eigenvalue weighted by atomic mass is 32.1. The molecule has 1 aliphatic rings. The molecule has 0 bridgehead atoms.